The molecule has 3 rings (SSSR count). The maximum absolute atomic E-state index is 12.6. The Morgan fingerprint density at radius 3 is 2.52 bits per heavy atom. The zero-order valence-corrected chi connectivity index (χ0v) is 19.3. The fraction of sp³-hybridized carbons (Fsp3) is 0.261. The molecule has 1 N–H and O–H groups in total. The molecule has 0 fully saturated rings. The molecule has 3 aromatic rings. The lowest BCUT2D eigenvalue weighted by molar-refractivity contribution is -0.134. The van der Waals surface area contributed by atoms with Crippen LogP contribution in [0.1, 0.15) is 32.7 Å². The third-order valence-electron chi connectivity index (χ3n) is 4.67. The number of furan rings is 1. The molecule has 33 heavy (non-hydrogen) atoms. The lowest BCUT2D eigenvalue weighted by Crippen LogP contribution is -2.34. The van der Waals surface area contributed by atoms with Gasteiger partial charge in [-0.3, -0.25) is 9.59 Å². The third-order valence-corrected chi connectivity index (χ3v) is 5.65. The number of anilines is 1. The highest BCUT2D eigenvalue weighted by atomic mass is 32.1. The van der Waals surface area contributed by atoms with Crippen molar-refractivity contribution >= 4 is 34.1 Å². The van der Waals surface area contributed by atoms with Crippen LogP contribution in [-0.4, -0.2) is 50.1 Å². The number of carbonyl (C=O) groups is 3. The third kappa shape index (κ3) is 6.13. The average Bonchev–Trinajstić information content (AvgIpc) is 3.53. The first-order valence-corrected chi connectivity index (χ1v) is 10.9. The number of nitrogens with zero attached hydrogens (tertiary/aromatic N) is 1. The van der Waals surface area contributed by atoms with Gasteiger partial charge < -0.3 is 28.8 Å². The van der Waals surface area contributed by atoms with E-state index in [1.54, 1.807) is 43.4 Å². The minimum Gasteiger partial charge on any atom is -0.493 e. The number of hydrogen-bond donors (Lipinski definition) is 1. The van der Waals surface area contributed by atoms with Crippen molar-refractivity contribution in [3.63, 3.8) is 0 Å². The van der Waals surface area contributed by atoms with Crippen LogP contribution in [0.15, 0.2) is 53.1 Å². The van der Waals surface area contributed by atoms with Crippen LogP contribution in [-0.2, 0) is 16.1 Å². The lowest BCUT2D eigenvalue weighted by Gasteiger charge is -2.21. The molecular formula is C23H24N2O7S. The number of benzene rings is 1. The number of likely N-dealkylation sites (N-methyl/N-ethyl adjacent to an activating group) is 1. The van der Waals surface area contributed by atoms with E-state index in [2.05, 4.69) is 5.32 Å². The van der Waals surface area contributed by atoms with E-state index in [0.717, 1.165) is 16.9 Å². The summed E-state index contributed by atoms with van der Waals surface area (Å²) >= 11 is 1.04. The van der Waals surface area contributed by atoms with Crippen molar-refractivity contribution in [3.8, 4) is 11.5 Å². The zero-order valence-electron chi connectivity index (χ0n) is 18.5. The molecule has 2 aromatic heterocycles. The van der Waals surface area contributed by atoms with Crippen LogP contribution in [0, 0.1) is 0 Å². The van der Waals surface area contributed by atoms with Crippen LogP contribution in [0.5, 0.6) is 11.5 Å². The number of hydrogen-bond acceptors (Lipinski definition) is 8. The number of amides is 2. The maximum Gasteiger partial charge on any atom is 0.348 e. The SMILES string of the molecule is CCN(Cc1ccc(OC)c(OC)c1)C(=O)COC(=O)c1ccc(NC(=O)c2ccco2)s1. The summed E-state index contributed by atoms with van der Waals surface area (Å²) in [5.41, 5.74) is 0.851. The molecule has 0 bridgehead atoms. The highest BCUT2D eigenvalue weighted by molar-refractivity contribution is 7.18. The van der Waals surface area contributed by atoms with E-state index >= 15 is 0 Å². The van der Waals surface area contributed by atoms with Crippen LogP contribution in [0.2, 0.25) is 0 Å². The molecule has 10 heteroatoms. The molecule has 0 unspecified atom stereocenters. The standard InChI is InChI=1S/C23H24N2O7S/c1-4-25(13-15-7-8-16(29-2)18(12-15)30-3)21(26)14-32-23(28)19-9-10-20(33-19)24-22(27)17-6-5-11-31-17/h5-12H,4,13-14H2,1-3H3,(H,24,27). The van der Waals surface area contributed by atoms with Crippen LogP contribution in [0.3, 0.4) is 0 Å². The fourth-order valence-electron chi connectivity index (χ4n) is 2.96. The summed E-state index contributed by atoms with van der Waals surface area (Å²) in [5, 5.41) is 3.10. The molecule has 2 heterocycles. The van der Waals surface area contributed by atoms with Gasteiger partial charge in [0.15, 0.2) is 23.9 Å². The first kappa shape index (κ1) is 23.9. The van der Waals surface area contributed by atoms with Crippen molar-refractivity contribution in [1.29, 1.82) is 0 Å². The number of thiophene rings is 1. The first-order valence-electron chi connectivity index (χ1n) is 10.1. The summed E-state index contributed by atoms with van der Waals surface area (Å²) in [5.74, 6) is -0.0756. The van der Waals surface area contributed by atoms with Crippen molar-refractivity contribution in [2.45, 2.75) is 13.5 Å². The number of methoxy groups -OCH3 is 2. The van der Waals surface area contributed by atoms with E-state index in [1.807, 2.05) is 13.0 Å². The number of esters is 1. The lowest BCUT2D eigenvalue weighted by atomic mass is 10.2. The average molecular weight is 473 g/mol. The Kier molecular flexibility index (Phi) is 8.09. The Labute approximate surface area is 194 Å². The predicted molar refractivity (Wildman–Crippen MR) is 122 cm³/mol. The highest BCUT2D eigenvalue weighted by Gasteiger charge is 2.18. The van der Waals surface area contributed by atoms with Crippen molar-refractivity contribution in [2.75, 3.05) is 32.7 Å². The van der Waals surface area contributed by atoms with Crippen LogP contribution < -0.4 is 14.8 Å². The summed E-state index contributed by atoms with van der Waals surface area (Å²) < 4.78 is 20.7. The first-order chi connectivity index (χ1) is 15.9. The zero-order chi connectivity index (χ0) is 23.8. The minimum absolute atomic E-state index is 0.160. The number of ether oxygens (including phenoxy) is 3. The quantitative estimate of drug-likeness (QED) is 0.447. The second-order valence-corrected chi connectivity index (χ2v) is 7.85. The molecule has 0 aliphatic heterocycles. The second kappa shape index (κ2) is 11.2. The second-order valence-electron chi connectivity index (χ2n) is 6.77. The van der Waals surface area contributed by atoms with E-state index in [4.69, 9.17) is 18.6 Å². The van der Waals surface area contributed by atoms with Gasteiger partial charge in [-0.05, 0) is 48.9 Å². The Bertz CT molecular complexity index is 1110. The smallest absolute Gasteiger partial charge is 0.348 e. The summed E-state index contributed by atoms with van der Waals surface area (Å²) in [6.45, 7) is 2.21. The van der Waals surface area contributed by atoms with Gasteiger partial charge in [-0.15, -0.1) is 11.3 Å². The fourth-order valence-corrected chi connectivity index (χ4v) is 3.76. The van der Waals surface area contributed by atoms with Crippen molar-refractivity contribution in [1.82, 2.24) is 4.90 Å². The van der Waals surface area contributed by atoms with Crippen molar-refractivity contribution < 1.29 is 33.0 Å². The van der Waals surface area contributed by atoms with Crippen LogP contribution in [0.4, 0.5) is 5.00 Å². The highest BCUT2D eigenvalue weighted by Crippen LogP contribution is 2.28. The molecule has 0 spiro atoms. The van der Waals surface area contributed by atoms with E-state index in [1.165, 1.54) is 18.4 Å². The van der Waals surface area contributed by atoms with Gasteiger partial charge in [0.1, 0.15) is 4.88 Å². The van der Waals surface area contributed by atoms with Gasteiger partial charge in [0, 0.05) is 13.1 Å². The van der Waals surface area contributed by atoms with Crippen LogP contribution >= 0.6 is 11.3 Å². The maximum atomic E-state index is 12.6. The van der Waals surface area contributed by atoms with Crippen molar-refractivity contribution in [3.05, 3.63) is 64.9 Å². The molecule has 0 radical (unpaired) electrons. The normalized spacial score (nSPS) is 10.4. The molecule has 0 aliphatic carbocycles. The van der Waals surface area contributed by atoms with E-state index in [0.29, 0.717) is 29.6 Å². The van der Waals surface area contributed by atoms with E-state index < -0.39 is 18.5 Å². The van der Waals surface area contributed by atoms with Gasteiger partial charge in [0.05, 0.1) is 25.5 Å². The molecule has 0 atom stereocenters. The monoisotopic (exact) mass is 472 g/mol. The van der Waals surface area contributed by atoms with Gasteiger partial charge in [-0.1, -0.05) is 6.07 Å². The molecule has 0 aliphatic rings. The van der Waals surface area contributed by atoms with E-state index in [9.17, 15) is 14.4 Å². The Morgan fingerprint density at radius 2 is 1.85 bits per heavy atom. The molecule has 0 saturated carbocycles. The number of nitrogens with one attached hydrogen (secondary N) is 1. The topological polar surface area (TPSA) is 107 Å². The van der Waals surface area contributed by atoms with Gasteiger partial charge in [0.2, 0.25) is 0 Å². The number of rotatable bonds is 10. The molecular weight excluding hydrogens is 448 g/mol. The molecule has 174 valence electrons. The van der Waals surface area contributed by atoms with Gasteiger partial charge in [0.25, 0.3) is 11.8 Å². The van der Waals surface area contributed by atoms with Gasteiger partial charge >= 0.3 is 5.97 Å². The van der Waals surface area contributed by atoms with E-state index in [-0.39, 0.29) is 16.5 Å². The van der Waals surface area contributed by atoms with Crippen LogP contribution in [0.25, 0.3) is 0 Å². The summed E-state index contributed by atoms with van der Waals surface area (Å²) in [7, 11) is 3.10. The molecule has 2 amide bonds. The molecule has 0 saturated heterocycles. The van der Waals surface area contributed by atoms with Gasteiger partial charge in [-0.2, -0.15) is 0 Å². The summed E-state index contributed by atoms with van der Waals surface area (Å²) in [4.78, 5) is 38.8. The predicted octanol–water partition coefficient (Wildman–Crippen LogP) is 3.82. The summed E-state index contributed by atoms with van der Waals surface area (Å²) in [6.07, 6.45) is 1.40. The van der Waals surface area contributed by atoms with Gasteiger partial charge in [-0.25, -0.2) is 4.79 Å². The summed E-state index contributed by atoms with van der Waals surface area (Å²) in [6, 6.07) is 11.7. The molecule has 1 aromatic carbocycles. The molecule has 9 nitrogen and oxygen atoms in total. The Balaban J connectivity index is 1.54. The Morgan fingerprint density at radius 1 is 1.06 bits per heavy atom. The number of carbonyl (C=O) groups excluding carboxylic acids is 3. The largest absolute Gasteiger partial charge is 0.493 e. The van der Waals surface area contributed by atoms with Crippen molar-refractivity contribution in [2.24, 2.45) is 0 Å². The minimum atomic E-state index is -0.644. The Hall–Kier alpha value is -3.79.